The van der Waals surface area contributed by atoms with Crippen LogP contribution in [0, 0.1) is 0 Å². The van der Waals surface area contributed by atoms with Crippen molar-refractivity contribution in [2.24, 2.45) is 0 Å². The van der Waals surface area contributed by atoms with E-state index in [-0.39, 0.29) is 0 Å². The van der Waals surface area contributed by atoms with Crippen LogP contribution in [0.3, 0.4) is 0 Å². The average molecular weight is 308 g/mol. The molecule has 3 rings (SSSR count). The number of nitrogens with zero attached hydrogens (tertiary/aromatic N) is 1. The molecule has 0 aliphatic heterocycles. The van der Waals surface area contributed by atoms with Crippen molar-refractivity contribution in [1.82, 2.24) is 4.23 Å². The van der Waals surface area contributed by atoms with Crippen LogP contribution in [-0.2, 0) is 0 Å². The van der Waals surface area contributed by atoms with Crippen molar-refractivity contribution >= 4 is 19.1 Å². The third-order valence-corrected chi connectivity index (χ3v) is 10.4. The molecule has 0 radical (unpaired) electrons. The quantitative estimate of drug-likeness (QED) is 0.499. The van der Waals surface area contributed by atoms with Crippen LogP contribution in [0.1, 0.15) is 20.8 Å². The van der Waals surface area contributed by atoms with E-state index >= 15 is 0 Å². The monoisotopic (exact) mass is 307 g/mol. The predicted octanol–water partition coefficient (Wildman–Crippen LogP) is 6.16. The average Bonchev–Trinajstić information content (AvgIpc) is 2.87. The summed E-state index contributed by atoms with van der Waals surface area (Å²) in [7, 11) is -1.70. The molecule has 0 unspecified atom stereocenters. The Morgan fingerprint density at radius 1 is 0.818 bits per heavy atom. The van der Waals surface area contributed by atoms with E-state index in [4.69, 9.17) is 0 Å². The molecule has 0 N–H and O–H groups in total. The van der Waals surface area contributed by atoms with Crippen LogP contribution in [0.2, 0.25) is 18.1 Å². The first-order valence-corrected chi connectivity index (χ1v) is 10.9. The van der Waals surface area contributed by atoms with Crippen LogP contribution < -0.4 is 0 Å². The number of hydrogen-bond acceptors (Lipinski definition) is 0. The maximum Gasteiger partial charge on any atom is 0.161 e. The fourth-order valence-electron chi connectivity index (χ4n) is 2.91. The minimum Gasteiger partial charge on any atom is -0.368 e. The number of para-hydroxylation sites is 1. The summed E-state index contributed by atoms with van der Waals surface area (Å²) in [6.07, 6.45) is 0. The molecule has 1 aromatic heterocycles. The smallest absolute Gasteiger partial charge is 0.161 e. The molecule has 2 aromatic carbocycles. The lowest BCUT2D eigenvalue weighted by molar-refractivity contribution is 0.704. The lowest BCUT2D eigenvalue weighted by Crippen LogP contribution is -2.45. The number of fused-ring (bicyclic) bond motifs is 1. The minimum atomic E-state index is -1.70. The van der Waals surface area contributed by atoms with Crippen LogP contribution in [-0.4, -0.2) is 12.5 Å². The summed E-state index contributed by atoms with van der Waals surface area (Å²) >= 11 is 0. The molecule has 0 aliphatic carbocycles. The SMILES string of the molecule is CC(C)(C)[Si](C)(C)n1c(-c2ccccc2)cc2ccccc21. The first kappa shape index (κ1) is 15.1. The molecule has 0 bridgehead atoms. The van der Waals surface area contributed by atoms with E-state index in [0.717, 1.165) is 0 Å². The standard InChI is InChI=1S/C20H25NSi/c1-20(2,3)22(4,5)21-18-14-10-9-13-17(18)15-19(21)16-11-7-6-8-12-16/h6-15H,1-5H3. The molecule has 1 nitrogen and oxygen atoms in total. The summed E-state index contributed by atoms with van der Waals surface area (Å²) in [4.78, 5) is 0. The molecule has 0 atom stereocenters. The number of benzene rings is 2. The third kappa shape index (κ3) is 2.32. The second-order valence-corrected chi connectivity index (χ2v) is 12.7. The van der Waals surface area contributed by atoms with Crippen molar-refractivity contribution < 1.29 is 0 Å². The van der Waals surface area contributed by atoms with Gasteiger partial charge in [0.1, 0.15) is 0 Å². The topological polar surface area (TPSA) is 4.93 Å². The molecule has 114 valence electrons. The molecular weight excluding hydrogens is 282 g/mol. The van der Waals surface area contributed by atoms with Crippen molar-refractivity contribution in [3.05, 3.63) is 60.7 Å². The molecule has 2 heteroatoms. The van der Waals surface area contributed by atoms with Gasteiger partial charge in [-0.2, -0.15) is 0 Å². The Balaban J connectivity index is 2.37. The summed E-state index contributed by atoms with van der Waals surface area (Å²) in [6, 6.07) is 21.9. The molecule has 0 amide bonds. The summed E-state index contributed by atoms with van der Waals surface area (Å²) in [6.45, 7) is 12.1. The summed E-state index contributed by atoms with van der Waals surface area (Å²) in [5, 5.41) is 1.63. The maximum atomic E-state index is 2.65. The van der Waals surface area contributed by atoms with Gasteiger partial charge < -0.3 is 4.23 Å². The Kier molecular flexibility index (Phi) is 3.52. The van der Waals surface area contributed by atoms with Gasteiger partial charge in [-0.25, -0.2) is 0 Å². The summed E-state index contributed by atoms with van der Waals surface area (Å²) in [5.41, 5.74) is 4.03. The van der Waals surface area contributed by atoms with E-state index in [9.17, 15) is 0 Å². The van der Waals surface area contributed by atoms with E-state index in [1.807, 2.05) is 0 Å². The van der Waals surface area contributed by atoms with Gasteiger partial charge in [0.15, 0.2) is 8.24 Å². The normalized spacial score (nSPS) is 12.8. The number of rotatable bonds is 2. The molecule has 0 saturated heterocycles. The molecule has 0 spiro atoms. The Hall–Kier alpha value is -1.80. The fraction of sp³-hybridized carbons (Fsp3) is 0.300. The van der Waals surface area contributed by atoms with Gasteiger partial charge in [-0.15, -0.1) is 0 Å². The van der Waals surface area contributed by atoms with Crippen molar-refractivity contribution in [3.63, 3.8) is 0 Å². The van der Waals surface area contributed by atoms with Crippen LogP contribution >= 0.6 is 0 Å². The van der Waals surface area contributed by atoms with Gasteiger partial charge in [-0.05, 0) is 28.1 Å². The molecule has 0 aliphatic rings. The van der Waals surface area contributed by atoms with Crippen molar-refractivity contribution in [3.8, 4) is 11.3 Å². The lowest BCUT2D eigenvalue weighted by atomic mass is 10.1. The van der Waals surface area contributed by atoms with Crippen LogP contribution in [0.5, 0.6) is 0 Å². The van der Waals surface area contributed by atoms with E-state index in [1.165, 1.54) is 22.2 Å². The number of aromatic nitrogens is 1. The van der Waals surface area contributed by atoms with Gasteiger partial charge >= 0.3 is 0 Å². The first-order valence-electron chi connectivity index (χ1n) is 7.99. The van der Waals surface area contributed by atoms with Crippen molar-refractivity contribution in [2.75, 3.05) is 0 Å². The zero-order chi connectivity index (χ0) is 16.0. The summed E-state index contributed by atoms with van der Waals surface area (Å²) < 4.78 is 2.65. The van der Waals surface area contributed by atoms with E-state index in [1.54, 1.807) is 0 Å². The Bertz CT molecular complexity index is 791. The minimum absolute atomic E-state index is 0.290. The Labute approximate surface area is 134 Å². The molecule has 0 saturated carbocycles. The maximum absolute atomic E-state index is 2.65. The highest BCUT2D eigenvalue weighted by Gasteiger charge is 2.39. The Morgan fingerprint density at radius 2 is 1.41 bits per heavy atom. The highest BCUT2D eigenvalue weighted by molar-refractivity contribution is 6.79. The molecule has 0 fully saturated rings. The fourth-order valence-corrected chi connectivity index (χ4v) is 5.19. The second kappa shape index (κ2) is 5.13. The van der Waals surface area contributed by atoms with Gasteiger partial charge in [0.25, 0.3) is 0 Å². The largest absolute Gasteiger partial charge is 0.368 e. The van der Waals surface area contributed by atoms with Gasteiger partial charge in [0.05, 0.1) is 0 Å². The Morgan fingerprint density at radius 3 is 2.05 bits per heavy atom. The van der Waals surface area contributed by atoms with E-state index < -0.39 is 8.24 Å². The molecular formula is C20H25NSi. The third-order valence-electron chi connectivity index (χ3n) is 5.17. The van der Waals surface area contributed by atoms with Gasteiger partial charge in [-0.1, -0.05) is 82.4 Å². The second-order valence-electron chi connectivity index (χ2n) is 7.60. The van der Waals surface area contributed by atoms with E-state index in [0.29, 0.717) is 5.04 Å². The molecule has 22 heavy (non-hydrogen) atoms. The molecule has 1 heterocycles. The van der Waals surface area contributed by atoms with Gasteiger partial charge in [0.2, 0.25) is 0 Å². The highest BCUT2D eigenvalue weighted by Crippen LogP contribution is 2.42. The van der Waals surface area contributed by atoms with E-state index in [2.05, 4.69) is 98.8 Å². The summed E-state index contributed by atoms with van der Waals surface area (Å²) in [5.74, 6) is 0. The zero-order valence-electron chi connectivity index (χ0n) is 14.2. The highest BCUT2D eigenvalue weighted by atomic mass is 28.3. The van der Waals surface area contributed by atoms with Crippen LogP contribution in [0.15, 0.2) is 60.7 Å². The van der Waals surface area contributed by atoms with Gasteiger partial charge in [-0.3, -0.25) is 0 Å². The van der Waals surface area contributed by atoms with Crippen LogP contribution in [0.4, 0.5) is 0 Å². The van der Waals surface area contributed by atoms with Gasteiger partial charge in [0, 0.05) is 11.2 Å². The van der Waals surface area contributed by atoms with Crippen molar-refractivity contribution in [2.45, 2.75) is 38.9 Å². The first-order chi connectivity index (χ1) is 10.3. The lowest BCUT2D eigenvalue weighted by Gasteiger charge is -2.40. The van der Waals surface area contributed by atoms with Crippen LogP contribution in [0.25, 0.3) is 22.2 Å². The van der Waals surface area contributed by atoms with Crippen molar-refractivity contribution in [1.29, 1.82) is 0 Å². The number of hydrogen-bond donors (Lipinski definition) is 0. The molecule has 3 aromatic rings. The zero-order valence-corrected chi connectivity index (χ0v) is 15.2. The predicted molar refractivity (Wildman–Crippen MR) is 100.0 cm³/mol.